The number of H-pyrrole nitrogens is 1. The number of aliphatic hydroxyl groups is 4. The minimum absolute atomic E-state index is 0.0135. The van der Waals surface area contributed by atoms with Crippen LogP contribution in [-0.2, 0) is 16.1 Å². The van der Waals surface area contributed by atoms with Crippen molar-refractivity contribution in [1.82, 2.24) is 30.2 Å². The van der Waals surface area contributed by atoms with Gasteiger partial charge in [0.25, 0.3) is 5.91 Å². The number of morpholine rings is 1. The number of nitrogens with one attached hydrogen (secondary N) is 3. The van der Waals surface area contributed by atoms with Crippen LogP contribution in [-0.4, -0.2) is 107 Å². The Morgan fingerprint density at radius 2 is 1.83 bits per heavy atom. The highest BCUT2D eigenvalue weighted by Crippen LogP contribution is 2.41. The zero-order chi connectivity index (χ0) is 34.5. The van der Waals surface area contributed by atoms with E-state index in [9.17, 15) is 35.1 Å². The van der Waals surface area contributed by atoms with Crippen LogP contribution < -0.4 is 15.5 Å². The molecule has 254 valence electrons. The summed E-state index contributed by atoms with van der Waals surface area (Å²) in [5.41, 5.74) is 2.70. The number of carbonyl (C=O) groups excluding carboxylic acids is 2. The molecule has 16 heteroatoms. The third kappa shape index (κ3) is 8.11. The number of aromatic hydroxyl groups is 1. The topological polar surface area (TPSA) is 230 Å². The fraction of sp³-hybridized carbons (Fsp3) is 0.344. The molecule has 2 fully saturated rings. The molecule has 5 heterocycles. The molecule has 0 bridgehead atoms. The predicted octanol–water partition coefficient (Wildman–Crippen LogP) is 0.994. The van der Waals surface area contributed by atoms with Crippen LogP contribution in [0.3, 0.4) is 0 Å². The summed E-state index contributed by atoms with van der Waals surface area (Å²) in [6, 6.07) is 10.4. The van der Waals surface area contributed by atoms with Crippen LogP contribution in [0.1, 0.15) is 35.8 Å². The van der Waals surface area contributed by atoms with Crippen molar-refractivity contribution in [2.24, 2.45) is 0 Å². The molecular formula is C32H38N8O8. The summed E-state index contributed by atoms with van der Waals surface area (Å²) in [5.74, 6) is -6.42. The summed E-state index contributed by atoms with van der Waals surface area (Å²) in [6.45, 7) is 6.33. The van der Waals surface area contributed by atoms with Crippen LogP contribution >= 0.6 is 0 Å². The molecule has 6 rings (SSSR count). The maximum Gasteiger partial charge on any atom is 0.300 e. The number of amides is 2. The second-order valence-corrected chi connectivity index (χ2v) is 11.6. The van der Waals surface area contributed by atoms with Gasteiger partial charge >= 0.3 is 11.9 Å². The molecule has 1 unspecified atom stereocenters. The van der Waals surface area contributed by atoms with E-state index in [0.29, 0.717) is 17.8 Å². The van der Waals surface area contributed by atoms with Gasteiger partial charge in [-0.1, -0.05) is 18.2 Å². The number of hydrogen-bond donors (Lipinski definition) is 8. The molecule has 0 saturated carbocycles. The zero-order valence-electron chi connectivity index (χ0n) is 26.2. The fourth-order valence-corrected chi connectivity index (χ4v) is 5.77. The molecule has 4 aromatic rings. The number of β-amino-alcohol motifs (C(OH)–C–C–N with tert-alkyl or cyclic N) is 4. The quantitative estimate of drug-likeness (QED) is 0.0749. The molecule has 3 aromatic heterocycles. The number of benzene rings is 1. The minimum Gasteiger partial charge on any atom is -0.505 e. The van der Waals surface area contributed by atoms with Crippen molar-refractivity contribution in [3.05, 3.63) is 72.8 Å². The molecule has 2 saturated heterocycles. The van der Waals surface area contributed by atoms with Crippen molar-refractivity contribution in [2.75, 3.05) is 36.4 Å². The number of likely N-dealkylation sites (tertiary alicyclic amines) is 1. The van der Waals surface area contributed by atoms with Crippen LogP contribution in [0.4, 0.5) is 11.5 Å². The predicted molar refractivity (Wildman–Crippen MR) is 174 cm³/mol. The standard InChI is InChI=1S/C29H32N8O8.C3H6/c38-16-33-20-2-1-9-36(12-20)11-17-7-8-30-21(10-17)27(40)34-19-5-3-18(4-6-19)23-24(39)22-25(35-23)31-15-32-26(22)37-13-28(41,42)45-29(43,44)14-37;1-3-2/h3-8,10,15-16,20,39,41-44H,1-2,9,11-14H2,(H,33,38)(H,34,40)(H,31,32,35);3H,1H2,2H3. The highest BCUT2D eigenvalue weighted by molar-refractivity contribution is 6.03. The second-order valence-electron chi connectivity index (χ2n) is 11.6. The lowest BCUT2D eigenvalue weighted by molar-refractivity contribution is -0.474. The summed E-state index contributed by atoms with van der Waals surface area (Å²) in [7, 11) is 0. The van der Waals surface area contributed by atoms with Crippen molar-refractivity contribution < 1.29 is 39.9 Å². The Balaban J connectivity index is 0.00000145. The Bertz CT molecular complexity index is 1740. The molecular weight excluding hydrogens is 624 g/mol. The van der Waals surface area contributed by atoms with E-state index in [2.05, 4.69) is 46.8 Å². The molecule has 1 atom stereocenters. The van der Waals surface area contributed by atoms with Gasteiger partial charge in [-0.2, -0.15) is 0 Å². The second kappa shape index (κ2) is 14.4. The van der Waals surface area contributed by atoms with Crippen molar-refractivity contribution in [3.8, 4) is 17.0 Å². The number of nitrogens with zero attached hydrogens (tertiary/aromatic N) is 5. The van der Waals surface area contributed by atoms with E-state index in [1.54, 1.807) is 42.6 Å². The van der Waals surface area contributed by atoms with Gasteiger partial charge in [0.2, 0.25) is 6.41 Å². The monoisotopic (exact) mass is 662 g/mol. The number of carbonyl (C=O) groups is 2. The number of rotatable bonds is 8. The van der Waals surface area contributed by atoms with Crippen LogP contribution in [0.5, 0.6) is 5.75 Å². The Labute approximate surface area is 275 Å². The van der Waals surface area contributed by atoms with E-state index >= 15 is 0 Å². The average molecular weight is 663 g/mol. The Morgan fingerprint density at radius 3 is 2.52 bits per heavy atom. The highest BCUT2D eigenvalue weighted by atomic mass is 16.9. The SMILES string of the molecule is C=CC.O=CNC1CCCN(Cc2ccnc(C(=O)Nc3ccc(-c4[nH]c5ncnc(N6CC(O)(O)OC(O)(O)C6)c5c4O)cc3)c2)C1. The Morgan fingerprint density at radius 1 is 1.12 bits per heavy atom. The lowest BCUT2D eigenvalue weighted by Gasteiger charge is -2.42. The highest BCUT2D eigenvalue weighted by Gasteiger charge is 2.46. The Kier molecular flexibility index (Phi) is 10.3. The lowest BCUT2D eigenvalue weighted by atomic mass is 10.1. The molecule has 48 heavy (non-hydrogen) atoms. The number of piperidine rings is 1. The van der Waals surface area contributed by atoms with Gasteiger partial charge in [0.15, 0.2) is 5.75 Å². The van der Waals surface area contributed by atoms with Gasteiger partial charge in [0.05, 0.1) is 5.69 Å². The first-order valence-electron chi connectivity index (χ1n) is 15.2. The first kappa shape index (κ1) is 34.4. The Hall–Kier alpha value is -4.97. The third-order valence-electron chi connectivity index (χ3n) is 7.67. The number of pyridine rings is 1. The fourth-order valence-electron chi connectivity index (χ4n) is 5.77. The van der Waals surface area contributed by atoms with Crippen LogP contribution in [0.15, 0.2) is 61.6 Å². The van der Waals surface area contributed by atoms with E-state index in [0.717, 1.165) is 42.8 Å². The van der Waals surface area contributed by atoms with E-state index in [1.807, 2.05) is 13.0 Å². The van der Waals surface area contributed by atoms with E-state index in [-0.39, 0.29) is 40.0 Å². The molecule has 0 spiro atoms. The zero-order valence-corrected chi connectivity index (χ0v) is 26.2. The van der Waals surface area contributed by atoms with Gasteiger partial charge in [0.1, 0.15) is 42.0 Å². The maximum absolute atomic E-state index is 13.0. The van der Waals surface area contributed by atoms with Gasteiger partial charge in [-0.25, -0.2) is 9.97 Å². The molecule has 1 aromatic carbocycles. The normalized spacial score (nSPS) is 18.8. The lowest BCUT2D eigenvalue weighted by Crippen LogP contribution is -2.62. The summed E-state index contributed by atoms with van der Waals surface area (Å²) < 4.78 is 4.46. The molecule has 16 nitrogen and oxygen atoms in total. The van der Waals surface area contributed by atoms with Gasteiger partial charge in [0, 0.05) is 36.6 Å². The van der Waals surface area contributed by atoms with Crippen LogP contribution in [0.25, 0.3) is 22.3 Å². The largest absolute Gasteiger partial charge is 0.505 e. The summed E-state index contributed by atoms with van der Waals surface area (Å²) in [4.78, 5) is 42.7. The van der Waals surface area contributed by atoms with Gasteiger partial charge in [-0.3, -0.25) is 24.2 Å². The number of fused-ring (bicyclic) bond motifs is 1. The summed E-state index contributed by atoms with van der Waals surface area (Å²) >= 11 is 0. The van der Waals surface area contributed by atoms with Crippen LogP contribution in [0.2, 0.25) is 0 Å². The van der Waals surface area contributed by atoms with E-state index in [4.69, 9.17) is 0 Å². The number of allylic oxidation sites excluding steroid dienone is 1. The number of aromatic amines is 1. The summed E-state index contributed by atoms with van der Waals surface area (Å²) in [6.07, 6.45) is 7.16. The molecule has 2 aliphatic heterocycles. The maximum atomic E-state index is 13.0. The number of anilines is 2. The van der Waals surface area contributed by atoms with Crippen molar-refractivity contribution in [2.45, 2.75) is 44.3 Å². The molecule has 2 amide bonds. The average Bonchev–Trinajstić information content (AvgIpc) is 3.37. The summed E-state index contributed by atoms with van der Waals surface area (Å²) in [5, 5.41) is 56.7. The van der Waals surface area contributed by atoms with Crippen molar-refractivity contribution in [3.63, 3.8) is 0 Å². The molecule has 0 radical (unpaired) electrons. The van der Waals surface area contributed by atoms with E-state index in [1.165, 1.54) is 6.33 Å². The van der Waals surface area contributed by atoms with Crippen molar-refractivity contribution in [1.29, 1.82) is 0 Å². The molecule has 2 aliphatic rings. The van der Waals surface area contributed by atoms with Crippen molar-refractivity contribution >= 4 is 34.9 Å². The van der Waals surface area contributed by atoms with Gasteiger partial charge in [-0.15, -0.1) is 6.58 Å². The van der Waals surface area contributed by atoms with Crippen LogP contribution in [0, 0.1) is 0 Å². The third-order valence-corrected chi connectivity index (χ3v) is 7.67. The smallest absolute Gasteiger partial charge is 0.300 e. The van der Waals surface area contributed by atoms with E-state index < -0.39 is 30.9 Å². The number of ether oxygens (including phenoxy) is 1. The molecule has 0 aliphatic carbocycles. The number of aromatic nitrogens is 4. The number of hydrogen-bond acceptors (Lipinski definition) is 13. The molecule has 8 N–H and O–H groups in total. The minimum atomic E-state index is -2.89. The first-order valence-corrected chi connectivity index (χ1v) is 15.2. The first-order chi connectivity index (χ1) is 22.9. The van der Waals surface area contributed by atoms with Gasteiger partial charge in [-0.05, 0) is 56.1 Å². The van der Waals surface area contributed by atoms with Gasteiger partial charge < -0.3 is 46.1 Å².